The van der Waals surface area contributed by atoms with Crippen molar-refractivity contribution in [2.45, 2.75) is 19.8 Å². The lowest BCUT2D eigenvalue weighted by molar-refractivity contribution is 0.295. The van der Waals surface area contributed by atoms with Crippen molar-refractivity contribution in [1.29, 1.82) is 0 Å². The van der Waals surface area contributed by atoms with E-state index in [0.717, 1.165) is 5.56 Å². The molecule has 0 atom stereocenters. The number of hydrogen-bond donors (Lipinski definition) is 1. The van der Waals surface area contributed by atoms with E-state index < -0.39 is 5.63 Å². The van der Waals surface area contributed by atoms with E-state index in [9.17, 15) is 9.59 Å². The Bertz CT molecular complexity index is 1240. The minimum Gasteiger partial charge on any atom is -0.464 e. The van der Waals surface area contributed by atoms with Crippen LogP contribution < -0.4 is 15.9 Å². The zero-order valence-electron chi connectivity index (χ0n) is 14.8. The maximum Gasteiger partial charge on any atom is 0.337 e. The molecule has 6 nitrogen and oxygen atoms in total. The molecule has 6 heteroatoms. The van der Waals surface area contributed by atoms with Crippen LogP contribution in [-0.4, -0.2) is 16.6 Å². The molecule has 0 saturated carbocycles. The van der Waals surface area contributed by atoms with Crippen molar-refractivity contribution >= 4 is 21.9 Å². The highest BCUT2D eigenvalue weighted by molar-refractivity contribution is 5.85. The largest absolute Gasteiger partial charge is 0.464 e. The third-order valence-electron chi connectivity index (χ3n) is 4.55. The zero-order valence-corrected chi connectivity index (χ0v) is 14.8. The molecule has 2 aromatic heterocycles. The molecule has 4 aromatic rings. The highest BCUT2D eigenvalue weighted by Gasteiger charge is 2.12. The summed E-state index contributed by atoms with van der Waals surface area (Å²) in [5.74, 6) is 0. The molecule has 0 spiro atoms. The first-order chi connectivity index (χ1) is 13.2. The van der Waals surface area contributed by atoms with Gasteiger partial charge < -0.3 is 9.15 Å². The van der Waals surface area contributed by atoms with Crippen molar-refractivity contribution in [2.75, 3.05) is 6.61 Å². The average Bonchev–Trinajstić information content (AvgIpc) is 2.67. The lowest BCUT2D eigenvalue weighted by Crippen LogP contribution is -2.16. The van der Waals surface area contributed by atoms with E-state index in [2.05, 4.69) is 34.2 Å². The SMILES string of the molecule is CCc1cc(=O)oc2nc(OCCc3cccc4ccccc34)[nH]c(=O)c12. The van der Waals surface area contributed by atoms with Crippen molar-refractivity contribution in [2.24, 2.45) is 0 Å². The second-order valence-corrected chi connectivity index (χ2v) is 6.23. The monoisotopic (exact) mass is 362 g/mol. The van der Waals surface area contributed by atoms with Crippen molar-refractivity contribution in [3.63, 3.8) is 0 Å². The third kappa shape index (κ3) is 3.33. The Kier molecular flexibility index (Phi) is 4.46. The Morgan fingerprint density at radius 3 is 2.74 bits per heavy atom. The number of nitrogens with zero attached hydrogens (tertiary/aromatic N) is 1. The standard InChI is InChI=1S/C21H18N2O4/c1-2-13-12-17(24)27-20-18(13)19(25)22-21(23-20)26-11-10-15-8-5-7-14-6-3-4-9-16(14)15/h3-9,12H,2,10-11H2,1H3,(H,22,23,25). The molecule has 2 aromatic carbocycles. The number of hydrogen-bond acceptors (Lipinski definition) is 5. The van der Waals surface area contributed by atoms with E-state index in [-0.39, 0.29) is 17.3 Å². The maximum atomic E-state index is 12.4. The van der Waals surface area contributed by atoms with Gasteiger partial charge >= 0.3 is 5.63 Å². The number of fused-ring (bicyclic) bond motifs is 2. The number of ether oxygens (including phenoxy) is 1. The highest BCUT2D eigenvalue weighted by Crippen LogP contribution is 2.19. The van der Waals surface area contributed by atoms with Crippen molar-refractivity contribution < 1.29 is 9.15 Å². The molecule has 136 valence electrons. The Morgan fingerprint density at radius 2 is 1.89 bits per heavy atom. The highest BCUT2D eigenvalue weighted by atomic mass is 16.5. The van der Waals surface area contributed by atoms with Crippen LogP contribution in [0.1, 0.15) is 18.1 Å². The van der Waals surface area contributed by atoms with Gasteiger partial charge in [0.1, 0.15) is 5.39 Å². The summed E-state index contributed by atoms with van der Waals surface area (Å²) in [4.78, 5) is 30.8. The number of aryl methyl sites for hydroxylation is 1. The van der Waals surface area contributed by atoms with E-state index >= 15 is 0 Å². The number of rotatable bonds is 5. The molecule has 27 heavy (non-hydrogen) atoms. The second-order valence-electron chi connectivity index (χ2n) is 6.23. The van der Waals surface area contributed by atoms with Crippen LogP contribution in [0.2, 0.25) is 0 Å². The van der Waals surface area contributed by atoms with E-state index in [4.69, 9.17) is 9.15 Å². The van der Waals surface area contributed by atoms with E-state index in [1.54, 1.807) is 0 Å². The van der Waals surface area contributed by atoms with Crippen LogP contribution in [0.5, 0.6) is 6.01 Å². The molecule has 0 unspecified atom stereocenters. The predicted octanol–water partition coefficient (Wildman–Crippen LogP) is 3.21. The predicted molar refractivity (Wildman–Crippen MR) is 103 cm³/mol. The van der Waals surface area contributed by atoms with Crippen LogP contribution in [0.25, 0.3) is 21.9 Å². The van der Waals surface area contributed by atoms with Crippen LogP contribution in [0, 0.1) is 0 Å². The molecule has 0 aliphatic carbocycles. The zero-order chi connectivity index (χ0) is 18.8. The summed E-state index contributed by atoms with van der Waals surface area (Å²) in [5.41, 5.74) is 0.858. The molecule has 0 saturated heterocycles. The van der Waals surface area contributed by atoms with Gasteiger partial charge in [-0.15, -0.1) is 0 Å². The van der Waals surface area contributed by atoms with Crippen LogP contribution >= 0.6 is 0 Å². The van der Waals surface area contributed by atoms with Crippen molar-refractivity contribution in [3.8, 4) is 6.01 Å². The summed E-state index contributed by atoms with van der Waals surface area (Å²) < 4.78 is 10.7. The summed E-state index contributed by atoms with van der Waals surface area (Å²) in [5, 5.41) is 2.63. The van der Waals surface area contributed by atoms with Gasteiger partial charge in [0.15, 0.2) is 0 Å². The molecular formula is C21H18N2O4. The van der Waals surface area contributed by atoms with Crippen LogP contribution in [-0.2, 0) is 12.8 Å². The fraction of sp³-hybridized carbons (Fsp3) is 0.190. The lowest BCUT2D eigenvalue weighted by Gasteiger charge is -2.08. The fourth-order valence-electron chi connectivity index (χ4n) is 3.24. The minimum absolute atomic E-state index is 0.00302. The van der Waals surface area contributed by atoms with Gasteiger partial charge in [-0.25, -0.2) is 4.79 Å². The molecule has 0 aliphatic rings. The summed E-state index contributed by atoms with van der Waals surface area (Å²) in [7, 11) is 0. The number of H-pyrrole nitrogens is 1. The quantitative estimate of drug-likeness (QED) is 0.589. The summed E-state index contributed by atoms with van der Waals surface area (Å²) in [6, 6.07) is 15.6. The first-order valence-electron chi connectivity index (χ1n) is 8.82. The molecule has 0 radical (unpaired) electrons. The van der Waals surface area contributed by atoms with Crippen LogP contribution in [0.3, 0.4) is 0 Å². The third-order valence-corrected chi connectivity index (χ3v) is 4.55. The van der Waals surface area contributed by atoms with Gasteiger partial charge in [-0.2, -0.15) is 4.98 Å². The fourth-order valence-corrected chi connectivity index (χ4v) is 3.24. The van der Waals surface area contributed by atoms with Crippen LogP contribution in [0.15, 0.2) is 62.5 Å². The van der Waals surface area contributed by atoms with Gasteiger partial charge in [-0.1, -0.05) is 49.4 Å². The van der Waals surface area contributed by atoms with E-state index in [1.807, 2.05) is 25.1 Å². The maximum absolute atomic E-state index is 12.4. The Labute approximate surface area is 154 Å². The summed E-state index contributed by atoms with van der Waals surface area (Å²) in [6.45, 7) is 2.20. The average molecular weight is 362 g/mol. The van der Waals surface area contributed by atoms with Gasteiger partial charge in [-0.05, 0) is 28.3 Å². The van der Waals surface area contributed by atoms with Gasteiger partial charge in [0.25, 0.3) is 11.6 Å². The van der Waals surface area contributed by atoms with E-state index in [0.29, 0.717) is 30.4 Å². The van der Waals surface area contributed by atoms with Crippen LogP contribution in [0.4, 0.5) is 0 Å². The Morgan fingerprint density at radius 1 is 1.07 bits per heavy atom. The molecule has 0 fully saturated rings. The topological polar surface area (TPSA) is 85.2 Å². The molecule has 2 heterocycles. The summed E-state index contributed by atoms with van der Waals surface area (Å²) >= 11 is 0. The molecule has 1 N–H and O–H groups in total. The molecule has 0 amide bonds. The Hall–Kier alpha value is -3.41. The normalized spacial score (nSPS) is 11.1. The number of aromatic nitrogens is 2. The molecule has 4 rings (SSSR count). The van der Waals surface area contributed by atoms with Crippen molar-refractivity contribution in [3.05, 3.63) is 80.4 Å². The van der Waals surface area contributed by atoms with Gasteiger partial charge in [0.2, 0.25) is 5.71 Å². The van der Waals surface area contributed by atoms with E-state index in [1.165, 1.54) is 16.8 Å². The molecular weight excluding hydrogens is 344 g/mol. The minimum atomic E-state index is -0.529. The summed E-state index contributed by atoms with van der Waals surface area (Å²) in [6.07, 6.45) is 1.19. The van der Waals surface area contributed by atoms with Crippen molar-refractivity contribution in [1.82, 2.24) is 9.97 Å². The number of benzene rings is 2. The first kappa shape index (κ1) is 17.0. The van der Waals surface area contributed by atoms with Gasteiger partial charge in [0.05, 0.1) is 6.61 Å². The molecule has 0 aliphatic heterocycles. The van der Waals surface area contributed by atoms with Gasteiger partial charge in [0, 0.05) is 12.5 Å². The second kappa shape index (κ2) is 7.07. The Balaban J connectivity index is 1.59. The number of aromatic amines is 1. The lowest BCUT2D eigenvalue weighted by atomic mass is 10.0. The first-order valence-corrected chi connectivity index (χ1v) is 8.82. The molecule has 0 bridgehead atoms. The van der Waals surface area contributed by atoms with Gasteiger partial charge in [-0.3, -0.25) is 9.78 Å². The number of nitrogens with one attached hydrogen (secondary N) is 1. The smallest absolute Gasteiger partial charge is 0.337 e.